The summed E-state index contributed by atoms with van der Waals surface area (Å²) in [6.07, 6.45) is 0. The maximum absolute atomic E-state index is 13.2. The lowest BCUT2D eigenvalue weighted by atomic mass is 9.92. The second-order valence-corrected chi connectivity index (χ2v) is 6.09. The third-order valence-corrected chi connectivity index (χ3v) is 3.29. The van der Waals surface area contributed by atoms with Crippen molar-refractivity contribution in [3.05, 3.63) is 41.5 Å². The third kappa shape index (κ3) is 3.27. The SMILES string of the molecule is COc1cc(F)ccc1NC(=O)c1cc(C(C)(C)C)nn1C. The van der Waals surface area contributed by atoms with Crippen LogP contribution in [0.2, 0.25) is 0 Å². The van der Waals surface area contributed by atoms with Gasteiger partial charge in [-0.05, 0) is 18.2 Å². The fraction of sp³-hybridized carbons (Fsp3) is 0.375. The molecule has 0 bridgehead atoms. The number of methoxy groups -OCH3 is 1. The van der Waals surface area contributed by atoms with Crippen molar-refractivity contribution in [1.29, 1.82) is 0 Å². The zero-order valence-corrected chi connectivity index (χ0v) is 13.4. The van der Waals surface area contributed by atoms with E-state index < -0.39 is 5.82 Å². The second-order valence-electron chi connectivity index (χ2n) is 6.09. The molecule has 0 unspecified atom stereocenters. The van der Waals surface area contributed by atoms with Crippen LogP contribution in [0.5, 0.6) is 5.75 Å². The van der Waals surface area contributed by atoms with E-state index in [1.165, 1.54) is 30.0 Å². The summed E-state index contributed by atoms with van der Waals surface area (Å²) in [5, 5.41) is 7.09. The number of aromatic nitrogens is 2. The molecule has 0 aliphatic rings. The molecule has 1 N–H and O–H groups in total. The number of amides is 1. The van der Waals surface area contributed by atoms with Gasteiger partial charge in [-0.1, -0.05) is 20.8 Å². The lowest BCUT2D eigenvalue weighted by molar-refractivity contribution is 0.101. The van der Waals surface area contributed by atoms with Crippen molar-refractivity contribution in [2.75, 3.05) is 12.4 Å². The van der Waals surface area contributed by atoms with E-state index in [1.807, 2.05) is 20.8 Å². The Bertz CT molecular complexity index is 702. The Morgan fingerprint density at radius 1 is 1.32 bits per heavy atom. The highest BCUT2D eigenvalue weighted by Crippen LogP contribution is 2.26. The van der Waals surface area contributed by atoms with Crippen LogP contribution in [-0.2, 0) is 12.5 Å². The zero-order chi connectivity index (χ0) is 16.5. The number of aryl methyl sites for hydroxylation is 1. The molecule has 2 rings (SSSR count). The summed E-state index contributed by atoms with van der Waals surface area (Å²) in [5.74, 6) is -0.479. The van der Waals surface area contributed by atoms with E-state index in [0.29, 0.717) is 11.4 Å². The van der Waals surface area contributed by atoms with Crippen molar-refractivity contribution in [2.45, 2.75) is 26.2 Å². The first-order valence-electron chi connectivity index (χ1n) is 6.92. The van der Waals surface area contributed by atoms with E-state index in [9.17, 15) is 9.18 Å². The highest BCUT2D eigenvalue weighted by atomic mass is 19.1. The van der Waals surface area contributed by atoms with Gasteiger partial charge in [-0.15, -0.1) is 0 Å². The van der Waals surface area contributed by atoms with E-state index in [-0.39, 0.29) is 17.1 Å². The first-order valence-corrected chi connectivity index (χ1v) is 6.92. The predicted molar refractivity (Wildman–Crippen MR) is 82.8 cm³/mol. The lowest BCUT2D eigenvalue weighted by Gasteiger charge is -2.13. The van der Waals surface area contributed by atoms with Gasteiger partial charge in [0, 0.05) is 18.5 Å². The monoisotopic (exact) mass is 305 g/mol. The van der Waals surface area contributed by atoms with Gasteiger partial charge >= 0.3 is 0 Å². The van der Waals surface area contributed by atoms with Gasteiger partial charge < -0.3 is 10.1 Å². The molecule has 0 aliphatic carbocycles. The molecule has 0 aliphatic heterocycles. The number of carbonyl (C=O) groups is 1. The van der Waals surface area contributed by atoms with Gasteiger partial charge in [-0.25, -0.2) is 4.39 Å². The normalized spacial score (nSPS) is 11.4. The predicted octanol–water partition coefficient (Wildman–Crippen LogP) is 3.12. The molecule has 0 saturated carbocycles. The summed E-state index contributed by atoms with van der Waals surface area (Å²) in [7, 11) is 3.14. The summed E-state index contributed by atoms with van der Waals surface area (Å²) in [6.45, 7) is 6.08. The van der Waals surface area contributed by atoms with E-state index in [2.05, 4.69) is 10.4 Å². The van der Waals surface area contributed by atoms with Crippen LogP contribution in [-0.4, -0.2) is 22.8 Å². The summed E-state index contributed by atoms with van der Waals surface area (Å²) < 4.78 is 19.8. The molecule has 6 heteroatoms. The number of carbonyl (C=O) groups excluding carboxylic acids is 1. The quantitative estimate of drug-likeness (QED) is 0.948. The van der Waals surface area contributed by atoms with Crippen LogP contribution in [0.3, 0.4) is 0 Å². The summed E-state index contributed by atoms with van der Waals surface area (Å²) >= 11 is 0. The largest absolute Gasteiger partial charge is 0.494 e. The van der Waals surface area contributed by atoms with Gasteiger partial charge in [0.2, 0.25) is 0 Å². The van der Waals surface area contributed by atoms with E-state index in [0.717, 1.165) is 5.69 Å². The molecular formula is C16H20FN3O2. The summed E-state index contributed by atoms with van der Waals surface area (Å²) in [5.41, 5.74) is 1.51. The molecule has 0 radical (unpaired) electrons. The molecule has 1 heterocycles. The highest BCUT2D eigenvalue weighted by molar-refractivity contribution is 6.04. The molecule has 1 aromatic heterocycles. The number of rotatable bonds is 3. The number of halogens is 1. The van der Waals surface area contributed by atoms with Gasteiger partial charge in [0.1, 0.15) is 17.3 Å². The van der Waals surface area contributed by atoms with Crippen LogP contribution in [0.1, 0.15) is 37.0 Å². The Morgan fingerprint density at radius 2 is 2.00 bits per heavy atom. The fourth-order valence-electron chi connectivity index (χ4n) is 2.00. The summed E-state index contributed by atoms with van der Waals surface area (Å²) in [4.78, 5) is 12.4. The lowest BCUT2D eigenvalue weighted by Crippen LogP contribution is -2.16. The molecule has 118 valence electrons. The van der Waals surface area contributed by atoms with Crippen LogP contribution in [0.4, 0.5) is 10.1 Å². The van der Waals surface area contributed by atoms with Crippen molar-refractivity contribution < 1.29 is 13.9 Å². The van der Waals surface area contributed by atoms with E-state index >= 15 is 0 Å². The average Bonchev–Trinajstić information content (AvgIpc) is 2.83. The molecular weight excluding hydrogens is 285 g/mol. The number of benzene rings is 1. The Kier molecular flexibility index (Phi) is 4.21. The van der Waals surface area contributed by atoms with Gasteiger partial charge in [0.25, 0.3) is 5.91 Å². The molecule has 1 aromatic carbocycles. The van der Waals surface area contributed by atoms with Gasteiger partial charge in [0.15, 0.2) is 0 Å². The Balaban J connectivity index is 2.29. The minimum Gasteiger partial charge on any atom is -0.494 e. The van der Waals surface area contributed by atoms with Gasteiger partial charge in [0.05, 0.1) is 18.5 Å². The highest BCUT2D eigenvalue weighted by Gasteiger charge is 2.22. The van der Waals surface area contributed by atoms with Crippen molar-refractivity contribution in [1.82, 2.24) is 9.78 Å². The van der Waals surface area contributed by atoms with Crippen LogP contribution in [0, 0.1) is 5.82 Å². The first-order chi connectivity index (χ1) is 10.2. The molecule has 5 nitrogen and oxygen atoms in total. The second kappa shape index (κ2) is 5.79. The van der Waals surface area contributed by atoms with Crippen molar-refractivity contribution in [2.24, 2.45) is 7.05 Å². The molecule has 0 spiro atoms. The molecule has 0 fully saturated rings. The Morgan fingerprint density at radius 3 is 2.55 bits per heavy atom. The van der Waals surface area contributed by atoms with Crippen molar-refractivity contribution >= 4 is 11.6 Å². The molecule has 22 heavy (non-hydrogen) atoms. The Labute approximate surface area is 129 Å². The zero-order valence-electron chi connectivity index (χ0n) is 13.4. The average molecular weight is 305 g/mol. The van der Waals surface area contributed by atoms with Crippen LogP contribution in [0.15, 0.2) is 24.3 Å². The van der Waals surface area contributed by atoms with Crippen LogP contribution >= 0.6 is 0 Å². The van der Waals surface area contributed by atoms with E-state index in [1.54, 1.807) is 13.1 Å². The number of ether oxygens (including phenoxy) is 1. The number of nitrogens with zero attached hydrogens (tertiary/aromatic N) is 2. The minimum atomic E-state index is -0.426. The number of nitrogens with one attached hydrogen (secondary N) is 1. The number of hydrogen-bond acceptors (Lipinski definition) is 3. The topological polar surface area (TPSA) is 56.1 Å². The molecule has 0 saturated heterocycles. The molecule has 1 amide bonds. The van der Waals surface area contributed by atoms with Crippen LogP contribution in [0.25, 0.3) is 0 Å². The minimum absolute atomic E-state index is 0.149. The number of hydrogen-bond donors (Lipinski definition) is 1. The van der Waals surface area contributed by atoms with Crippen LogP contribution < -0.4 is 10.1 Å². The Hall–Kier alpha value is -2.37. The number of anilines is 1. The fourth-order valence-corrected chi connectivity index (χ4v) is 2.00. The maximum Gasteiger partial charge on any atom is 0.274 e. The molecule has 0 atom stereocenters. The third-order valence-electron chi connectivity index (χ3n) is 3.29. The standard InChI is InChI=1S/C16H20FN3O2/c1-16(2,3)14-9-12(20(4)19-14)15(21)18-11-7-6-10(17)8-13(11)22-5/h6-9H,1-5H3,(H,18,21). The maximum atomic E-state index is 13.2. The van der Waals surface area contributed by atoms with Crippen molar-refractivity contribution in [3.63, 3.8) is 0 Å². The van der Waals surface area contributed by atoms with Gasteiger partial charge in [-0.2, -0.15) is 5.10 Å². The smallest absolute Gasteiger partial charge is 0.274 e. The van der Waals surface area contributed by atoms with E-state index in [4.69, 9.17) is 4.74 Å². The molecule has 2 aromatic rings. The first kappa shape index (κ1) is 16.0. The van der Waals surface area contributed by atoms with Gasteiger partial charge in [-0.3, -0.25) is 9.48 Å². The summed E-state index contributed by atoms with van der Waals surface area (Å²) in [6, 6.07) is 5.71. The van der Waals surface area contributed by atoms with Crippen molar-refractivity contribution in [3.8, 4) is 5.75 Å².